The number of hydrogen-bond acceptors (Lipinski definition) is 2. The molecule has 1 N–H and O–H groups in total. The predicted octanol–water partition coefficient (Wildman–Crippen LogP) is 4.16. The van der Waals surface area contributed by atoms with E-state index in [4.69, 9.17) is 16.5 Å². The minimum atomic E-state index is 0.597. The number of halogens is 2. The van der Waals surface area contributed by atoms with Crippen LogP contribution in [0.25, 0.3) is 0 Å². The van der Waals surface area contributed by atoms with E-state index in [0.29, 0.717) is 6.61 Å². The van der Waals surface area contributed by atoms with Crippen LogP contribution >= 0.6 is 34.4 Å². The van der Waals surface area contributed by atoms with Gasteiger partial charge in [-0.15, -0.1) is 0 Å². The first-order valence-electron chi connectivity index (χ1n) is 6.08. The van der Waals surface area contributed by atoms with Crippen LogP contribution in [0.1, 0.15) is 11.1 Å². The molecule has 0 aromatic heterocycles. The summed E-state index contributed by atoms with van der Waals surface area (Å²) in [5, 5.41) is 0. The van der Waals surface area contributed by atoms with Gasteiger partial charge in [-0.05, 0) is 64.0 Å². The molecule has 0 unspecified atom stereocenters. The van der Waals surface area contributed by atoms with Crippen LogP contribution in [0.15, 0.2) is 48.5 Å². The average Bonchev–Trinajstić information content (AvgIpc) is 2.45. The van der Waals surface area contributed by atoms with Gasteiger partial charge < -0.3 is 4.74 Å². The lowest BCUT2D eigenvalue weighted by Crippen LogP contribution is -2.05. The molecule has 2 aromatic carbocycles. The van der Waals surface area contributed by atoms with Crippen LogP contribution in [0, 0.1) is 3.57 Å². The van der Waals surface area contributed by atoms with E-state index in [1.54, 1.807) is 0 Å². The molecule has 2 aromatic rings. The second-order valence-corrected chi connectivity index (χ2v) is 5.60. The summed E-state index contributed by atoms with van der Waals surface area (Å²) in [7, 11) is 0. The summed E-state index contributed by atoms with van der Waals surface area (Å²) in [6.07, 6.45) is 0.915. The van der Waals surface area contributed by atoms with Crippen molar-refractivity contribution >= 4 is 34.4 Å². The lowest BCUT2D eigenvalue weighted by Gasteiger charge is -2.10. The van der Waals surface area contributed by atoms with E-state index in [0.717, 1.165) is 22.3 Å². The topological polar surface area (TPSA) is 21.3 Å². The average molecular weight is 388 g/mol. The van der Waals surface area contributed by atoms with E-state index in [-0.39, 0.29) is 0 Å². The summed E-state index contributed by atoms with van der Waals surface area (Å²) >= 11 is 7.77. The predicted molar refractivity (Wildman–Crippen MR) is 87.5 cm³/mol. The second kappa shape index (κ2) is 7.72. The van der Waals surface area contributed by atoms with E-state index in [1.807, 2.05) is 24.3 Å². The van der Waals surface area contributed by atoms with E-state index < -0.39 is 0 Å². The van der Waals surface area contributed by atoms with Gasteiger partial charge in [0.15, 0.2) is 0 Å². The third kappa shape index (κ3) is 4.67. The first-order chi connectivity index (χ1) is 9.29. The van der Waals surface area contributed by atoms with Crippen molar-refractivity contribution in [3.05, 3.63) is 63.2 Å². The fourth-order valence-corrected chi connectivity index (χ4v) is 2.57. The summed E-state index contributed by atoms with van der Waals surface area (Å²) in [5.41, 5.74) is 2.43. The zero-order chi connectivity index (χ0) is 13.5. The molecule has 0 spiro atoms. The summed E-state index contributed by atoms with van der Waals surface area (Å²) in [6.45, 7) is 1.36. The molecular weight excluding hydrogens is 373 g/mol. The van der Waals surface area contributed by atoms with E-state index in [1.165, 1.54) is 11.1 Å². The van der Waals surface area contributed by atoms with Crippen molar-refractivity contribution < 1.29 is 4.74 Å². The fourth-order valence-electron chi connectivity index (χ4n) is 1.74. The Morgan fingerprint density at radius 3 is 2.53 bits per heavy atom. The van der Waals surface area contributed by atoms with Gasteiger partial charge >= 0.3 is 0 Å². The zero-order valence-electron chi connectivity index (χ0n) is 10.4. The normalized spacial score (nSPS) is 10.4. The van der Waals surface area contributed by atoms with Gasteiger partial charge in [-0.2, -0.15) is 0 Å². The molecular formula is C15H15ClINO. The Bertz CT molecular complexity index is 519. The molecule has 0 heterocycles. The molecule has 100 valence electrons. The number of nitrogens with one attached hydrogen (secondary N) is 1. The highest BCUT2D eigenvalue weighted by Crippen LogP contribution is 2.23. The maximum atomic E-state index is 5.83. The number of hydrogen-bond donors (Lipinski definition) is 1. The summed E-state index contributed by atoms with van der Waals surface area (Å²) in [5.74, 6) is 0.923. The molecule has 0 fully saturated rings. The Morgan fingerprint density at radius 2 is 1.84 bits per heavy atom. The quantitative estimate of drug-likeness (QED) is 0.594. The maximum Gasteiger partial charge on any atom is 0.133 e. The first kappa shape index (κ1) is 14.6. The van der Waals surface area contributed by atoms with Crippen LogP contribution in [0.2, 0.25) is 0 Å². The number of ether oxygens (including phenoxy) is 1. The van der Waals surface area contributed by atoms with Gasteiger partial charge in [0.25, 0.3) is 0 Å². The zero-order valence-corrected chi connectivity index (χ0v) is 13.3. The second-order valence-electron chi connectivity index (χ2n) is 4.17. The number of rotatable bonds is 6. The molecule has 0 saturated heterocycles. The molecule has 0 atom stereocenters. The van der Waals surface area contributed by atoms with Crippen LogP contribution in [0.3, 0.4) is 0 Å². The molecule has 2 nitrogen and oxygen atoms in total. The Labute approximate surface area is 132 Å². The first-order valence-corrected chi connectivity index (χ1v) is 7.54. The lowest BCUT2D eigenvalue weighted by molar-refractivity contribution is 0.304. The highest BCUT2D eigenvalue weighted by atomic mass is 127. The third-order valence-electron chi connectivity index (χ3n) is 2.74. The molecule has 0 radical (unpaired) electrons. The largest absolute Gasteiger partial charge is 0.488 e. The molecule has 2 rings (SSSR count). The van der Waals surface area contributed by atoms with Gasteiger partial charge in [-0.1, -0.05) is 36.4 Å². The lowest BCUT2D eigenvalue weighted by atomic mass is 10.1. The monoisotopic (exact) mass is 387 g/mol. The minimum absolute atomic E-state index is 0.597. The van der Waals surface area contributed by atoms with Crippen molar-refractivity contribution in [2.45, 2.75) is 13.0 Å². The SMILES string of the molecule is ClNCCc1ccc(OCc2ccccc2)c(I)c1. The number of benzene rings is 2. The Balaban J connectivity index is 1.97. The van der Waals surface area contributed by atoms with Gasteiger partial charge in [0.2, 0.25) is 0 Å². The smallest absolute Gasteiger partial charge is 0.133 e. The molecule has 0 amide bonds. The maximum absolute atomic E-state index is 5.83. The van der Waals surface area contributed by atoms with Crippen molar-refractivity contribution in [3.8, 4) is 5.75 Å². The molecule has 0 saturated carbocycles. The van der Waals surface area contributed by atoms with E-state index in [9.17, 15) is 0 Å². The molecule has 0 aliphatic carbocycles. The van der Waals surface area contributed by atoms with E-state index >= 15 is 0 Å². The van der Waals surface area contributed by atoms with Crippen molar-refractivity contribution in [3.63, 3.8) is 0 Å². The van der Waals surface area contributed by atoms with Crippen molar-refractivity contribution in [1.82, 2.24) is 4.84 Å². The molecule has 4 heteroatoms. The molecule has 0 bridgehead atoms. The van der Waals surface area contributed by atoms with E-state index in [2.05, 4.69) is 51.7 Å². The fraction of sp³-hybridized carbons (Fsp3) is 0.200. The van der Waals surface area contributed by atoms with Gasteiger partial charge in [0.1, 0.15) is 12.4 Å². The summed E-state index contributed by atoms with van der Waals surface area (Å²) in [6, 6.07) is 16.4. The van der Waals surface area contributed by atoms with Gasteiger partial charge in [-0.3, -0.25) is 0 Å². The van der Waals surface area contributed by atoms with Gasteiger partial charge in [-0.25, -0.2) is 4.84 Å². The van der Waals surface area contributed by atoms with Crippen LogP contribution in [0.4, 0.5) is 0 Å². The highest BCUT2D eigenvalue weighted by molar-refractivity contribution is 14.1. The molecule has 0 aliphatic rings. The van der Waals surface area contributed by atoms with Crippen molar-refractivity contribution in [2.24, 2.45) is 0 Å². The molecule has 19 heavy (non-hydrogen) atoms. The Hall–Kier alpha value is -0.780. The summed E-state index contributed by atoms with van der Waals surface area (Å²) in [4.78, 5) is 2.64. The van der Waals surface area contributed by atoms with Crippen LogP contribution in [0.5, 0.6) is 5.75 Å². The van der Waals surface area contributed by atoms with Crippen molar-refractivity contribution in [1.29, 1.82) is 0 Å². The Kier molecular flexibility index (Phi) is 5.94. The van der Waals surface area contributed by atoms with Crippen molar-refractivity contribution in [2.75, 3.05) is 6.54 Å². The van der Waals surface area contributed by atoms with Crippen LogP contribution in [-0.4, -0.2) is 6.54 Å². The summed E-state index contributed by atoms with van der Waals surface area (Å²) < 4.78 is 6.96. The van der Waals surface area contributed by atoms with Gasteiger partial charge in [0, 0.05) is 6.54 Å². The third-order valence-corrected chi connectivity index (χ3v) is 3.77. The molecule has 0 aliphatic heterocycles. The van der Waals surface area contributed by atoms with Crippen LogP contribution in [-0.2, 0) is 13.0 Å². The standard InChI is InChI=1S/C15H15ClINO/c16-18-9-8-12-6-7-15(14(17)10-12)19-11-13-4-2-1-3-5-13/h1-7,10,18H,8-9,11H2. The van der Waals surface area contributed by atoms with Crippen LogP contribution < -0.4 is 9.57 Å². The Morgan fingerprint density at radius 1 is 1.05 bits per heavy atom. The minimum Gasteiger partial charge on any atom is -0.488 e. The van der Waals surface area contributed by atoms with Gasteiger partial charge in [0.05, 0.1) is 3.57 Å². The highest BCUT2D eigenvalue weighted by Gasteiger charge is 2.03.